The molecule has 0 saturated heterocycles. The Balaban J connectivity index is 2.03. The number of rotatable bonds is 5. The molecule has 0 aromatic heterocycles. The van der Waals surface area contributed by atoms with Gasteiger partial charge in [0.1, 0.15) is 0 Å². The van der Waals surface area contributed by atoms with Crippen molar-refractivity contribution in [3.63, 3.8) is 0 Å². The number of carbonyl (C=O) groups is 2. The summed E-state index contributed by atoms with van der Waals surface area (Å²) in [5, 5.41) is 3.38. The fourth-order valence-electron chi connectivity index (χ4n) is 2.50. The number of hydrogen-bond donors (Lipinski definition) is 1. The third-order valence-electron chi connectivity index (χ3n) is 3.74. The predicted molar refractivity (Wildman–Crippen MR) is 98.6 cm³/mol. The summed E-state index contributed by atoms with van der Waals surface area (Å²) in [5.41, 5.74) is 3.56. The summed E-state index contributed by atoms with van der Waals surface area (Å²) < 4.78 is 0. The summed E-state index contributed by atoms with van der Waals surface area (Å²) in [6, 6.07) is 13.0. The number of nitrogens with one attached hydrogen (secondary N) is 1. The van der Waals surface area contributed by atoms with Crippen LogP contribution in [0.2, 0.25) is 5.02 Å². The number of benzene rings is 2. The Morgan fingerprint density at radius 1 is 1.12 bits per heavy atom. The van der Waals surface area contributed by atoms with Crippen molar-refractivity contribution in [1.29, 1.82) is 0 Å². The van der Waals surface area contributed by atoms with Crippen LogP contribution in [-0.4, -0.2) is 18.4 Å². The van der Waals surface area contributed by atoms with E-state index < -0.39 is 0 Å². The molecular weight excluding hydrogens is 324 g/mol. The molecule has 126 valence electrons. The molecular formula is C19H21ClN2O2. The molecule has 0 atom stereocenters. The fraction of sp³-hybridized carbons (Fsp3) is 0.263. The molecule has 2 rings (SSSR count). The minimum atomic E-state index is -0.151. The zero-order valence-corrected chi connectivity index (χ0v) is 14.9. The average molecular weight is 345 g/mol. The second-order valence-electron chi connectivity index (χ2n) is 5.74. The van der Waals surface area contributed by atoms with Gasteiger partial charge in [0.25, 0.3) is 0 Å². The highest BCUT2D eigenvalue weighted by Crippen LogP contribution is 2.25. The number of anilines is 2. The smallest absolute Gasteiger partial charge is 0.226 e. The normalized spacial score (nSPS) is 10.3. The van der Waals surface area contributed by atoms with E-state index in [2.05, 4.69) is 5.32 Å². The molecule has 1 N–H and O–H groups in total. The molecule has 2 aromatic rings. The number of halogens is 1. The lowest BCUT2D eigenvalue weighted by Crippen LogP contribution is -2.32. The van der Waals surface area contributed by atoms with Gasteiger partial charge in [0.05, 0.1) is 10.7 Å². The van der Waals surface area contributed by atoms with Crippen molar-refractivity contribution in [2.45, 2.75) is 27.2 Å². The van der Waals surface area contributed by atoms with Gasteiger partial charge in [0.15, 0.2) is 0 Å². The van der Waals surface area contributed by atoms with Gasteiger partial charge >= 0.3 is 0 Å². The maximum atomic E-state index is 12.2. The summed E-state index contributed by atoms with van der Waals surface area (Å²) in [7, 11) is 0. The summed E-state index contributed by atoms with van der Waals surface area (Å²) in [6.07, 6.45) is 0.193. The van der Waals surface area contributed by atoms with Gasteiger partial charge in [-0.3, -0.25) is 9.59 Å². The van der Waals surface area contributed by atoms with Gasteiger partial charge in [-0.1, -0.05) is 41.4 Å². The number of aryl methyl sites for hydroxylation is 2. The molecule has 0 spiro atoms. The molecule has 24 heavy (non-hydrogen) atoms. The molecule has 0 aliphatic carbocycles. The Morgan fingerprint density at radius 3 is 2.46 bits per heavy atom. The van der Waals surface area contributed by atoms with Gasteiger partial charge in [0, 0.05) is 25.6 Å². The van der Waals surface area contributed by atoms with Crippen LogP contribution in [0.4, 0.5) is 11.4 Å². The maximum Gasteiger partial charge on any atom is 0.226 e. The van der Waals surface area contributed by atoms with Crippen molar-refractivity contribution in [2.24, 2.45) is 0 Å². The number of carbonyl (C=O) groups excluding carboxylic acids is 2. The largest absolute Gasteiger partial charge is 0.326 e. The molecule has 2 aromatic carbocycles. The average Bonchev–Trinajstić information content (AvgIpc) is 2.51. The van der Waals surface area contributed by atoms with E-state index in [1.54, 1.807) is 18.2 Å². The first kappa shape index (κ1) is 18.0. The lowest BCUT2D eigenvalue weighted by Gasteiger charge is -2.22. The number of hydrogen-bond acceptors (Lipinski definition) is 2. The van der Waals surface area contributed by atoms with Crippen molar-refractivity contribution >= 4 is 34.8 Å². The van der Waals surface area contributed by atoms with Gasteiger partial charge in [-0.15, -0.1) is 0 Å². The Morgan fingerprint density at radius 2 is 1.83 bits per heavy atom. The molecule has 0 fully saturated rings. The van der Waals surface area contributed by atoms with Gasteiger partial charge in [0.2, 0.25) is 11.8 Å². The van der Waals surface area contributed by atoms with Crippen LogP contribution < -0.4 is 10.2 Å². The van der Waals surface area contributed by atoms with Crippen LogP contribution in [0.1, 0.15) is 24.5 Å². The quantitative estimate of drug-likeness (QED) is 0.877. The Labute approximate surface area is 147 Å². The first-order chi connectivity index (χ1) is 11.4. The summed E-state index contributed by atoms with van der Waals surface area (Å²) in [6.45, 7) is 5.70. The summed E-state index contributed by atoms with van der Waals surface area (Å²) in [4.78, 5) is 25.6. The number of amides is 2. The van der Waals surface area contributed by atoms with E-state index in [1.807, 2.05) is 38.1 Å². The maximum absolute atomic E-state index is 12.2. The molecule has 0 aliphatic heterocycles. The highest BCUT2D eigenvalue weighted by molar-refractivity contribution is 6.33. The van der Waals surface area contributed by atoms with E-state index in [4.69, 9.17) is 11.6 Å². The molecule has 0 unspecified atom stereocenters. The first-order valence-corrected chi connectivity index (χ1v) is 8.16. The Kier molecular flexibility index (Phi) is 5.99. The molecule has 0 radical (unpaired) electrons. The first-order valence-electron chi connectivity index (χ1n) is 7.78. The Bertz CT molecular complexity index is 759. The van der Waals surface area contributed by atoms with Gasteiger partial charge in [-0.2, -0.15) is 0 Å². The minimum absolute atomic E-state index is 0.139. The molecule has 4 nitrogen and oxygen atoms in total. The van der Waals surface area contributed by atoms with E-state index in [1.165, 1.54) is 11.8 Å². The van der Waals surface area contributed by atoms with Crippen molar-refractivity contribution in [3.8, 4) is 0 Å². The van der Waals surface area contributed by atoms with Gasteiger partial charge in [-0.25, -0.2) is 0 Å². The number of nitrogens with zero attached hydrogens (tertiary/aromatic N) is 1. The lowest BCUT2D eigenvalue weighted by molar-refractivity contribution is -0.117. The van der Waals surface area contributed by atoms with Crippen LogP contribution in [0.5, 0.6) is 0 Å². The minimum Gasteiger partial charge on any atom is -0.326 e. The van der Waals surface area contributed by atoms with Crippen molar-refractivity contribution in [2.75, 3.05) is 16.8 Å². The van der Waals surface area contributed by atoms with Crippen molar-refractivity contribution < 1.29 is 9.59 Å². The molecule has 0 bridgehead atoms. The fourth-order valence-corrected chi connectivity index (χ4v) is 2.74. The third-order valence-corrected chi connectivity index (χ3v) is 4.06. The van der Waals surface area contributed by atoms with Gasteiger partial charge in [-0.05, 0) is 37.6 Å². The standard InChI is InChI=1S/C19H21ClN2O2/c1-13-8-9-17(14(2)12-13)21-19(24)10-11-22(15(3)23)18-7-5-4-6-16(18)20/h4-9,12H,10-11H2,1-3H3,(H,21,24). The Hall–Kier alpha value is -2.33. The summed E-state index contributed by atoms with van der Waals surface area (Å²) >= 11 is 6.15. The van der Waals surface area contributed by atoms with Crippen LogP contribution >= 0.6 is 11.6 Å². The van der Waals surface area contributed by atoms with Crippen LogP contribution in [-0.2, 0) is 9.59 Å². The third kappa shape index (κ3) is 4.59. The second-order valence-corrected chi connectivity index (χ2v) is 6.15. The van der Waals surface area contributed by atoms with Crippen LogP contribution in [0, 0.1) is 13.8 Å². The molecule has 2 amide bonds. The number of para-hydroxylation sites is 1. The van der Waals surface area contributed by atoms with Crippen LogP contribution in [0.25, 0.3) is 0 Å². The van der Waals surface area contributed by atoms with E-state index in [9.17, 15) is 9.59 Å². The van der Waals surface area contributed by atoms with Crippen LogP contribution in [0.15, 0.2) is 42.5 Å². The highest BCUT2D eigenvalue weighted by atomic mass is 35.5. The summed E-state index contributed by atoms with van der Waals surface area (Å²) in [5.74, 6) is -0.289. The topological polar surface area (TPSA) is 49.4 Å². The molecule has 5 heteroatoms. The predicted octanol–water partition coefficient (Wildman–Crippen LogP) is 4.34. The lowest BCUT2D eigenvalue weighted by atomic mass is 10.1. The van der Waals surface area contributed by atoms with Crippen LogP contribution in [0.3, 0.4) is 0 Å². The highest BCUT2D eigenvalue weighted by Gasteiger charge is 2.16. The van der Waals surface area contributed by atoms with E-state index in [0.717, 1.165) is 16.8 Å². The van der Waals surface area contributed by atoms with E-state index in [-0.39, 0.29) is 24.8 Å². The second kappa shape index (κ2) is 7.97. The monoisotopic (exact) mass is 344 g/mol. The molecule has 0 saturated carbocycles. The van der Waals surface area contributed by atoms with Gasteiger partial charge < -0.3 is 10.2 Å². The zero-order valence-electron chi connectivity index (χ0n) is 14.1. The SMILES string of the molecule is CC(=O)N(CCC(=O)Nc1ccc(C)cc1C)c1ccccc1Cl. The molecule has 0 aliphatic rings. The zero-order chi connectivity index (χ0) is 17.7. The van der Waals surface area contributed by atoms with E-state index in [0.29, 0.717) is 10.7 Å². The van der Waals surface area contributed by atoms with Crippen molar-refractivity contribution in [1.82, 2.24) is 0 Å². The van der Waals surface area contributed by atoms with E-state index >= 15 is 0 Å². The molecule has 0 heterocycles. The van der Waals surface area contributed by atoms with Crippen molar-refractivity contribution in [3.05, 3.63) is 58.6 Å².